The van der Waals surface area contributed by atoms with E-state index in [1.165, 1.54) is 6.07 Å². The molecular formula is C15H18ClN3O5S. The van der Waals surface area contributed by atoms with Crippen LogP contribution in [0.3, 0.4) is 0 Å². The second-order valence-corrected chi connectivity index (χ2v) is 7.88. The third-order valence-corrected chi connectivity index (χ3v) is 5.67. The molecule has 0 atom stereocenters. The summed E-state index contributed by atoms with van der Waals surface area (Å²) in [7, 11) is -4.08. The van der Waals surface area contributed by atoms with Crippen LogP contribution in [0.2, 0.25) is 5.02 Å². The van der Waals surface area contributed by atoms with Crippen molar-refractivity contribution in [2.45, 2.75) is 11.3 Å². The van der Waals surface area contributed by atoms with E-state index < -0.39 is 21.8 Å². The second kappa shape index (κ2) is 7.00. The number of benzene rings is 1. The Kier molecular flexibility index (Phi) is 5.12. The van der Waals surface area contributed by atoms with Crippen LogP contribution >= 0.6 is 11.6 Å². The first-order valence-corrected chi connectivity index (χ1v) is 9.74. The molecule has 2 aliphatic heterocycles. The number of carbonyl (C=O) groups is 2. The molecule has 2 amide bonds. The van der Waals surface area contributed by atoms with Gasteiger partial charge in [-0.3, -0.25) is 19.4 Å². The number of sulfonamides is 1. The summed E-state index contributed by atoms with van der Waals surface area (Å²) >= 11 is 5.90. The van der Waals surface area contributed by atoms with Gasteiger partial charge in [0.2, 0.25) is 10.0 Å². The topological polar surface area (TPSA) is 110 Å². The minimum absolute atomic E-state index is 0.0183. The van der Waals surface area contributed by atoms with Crippen LogP contribution in [0.1, 0.15) is 27.1 Å². The van der Waals surface area contributed by atoms with Gasteiger partial charge in [0.05, 0.1) is 29.4 Å². The molecule has 3 rings (SSSR count). The quantitative estimate of drug-likeness (QED) is 0.728. The first-order chi connectivity index (χ1) is 11.8. The number of morpholine rings is 1. The summed E-state index contributed by atoms with van der Waals surface area (Å²) in [4.78, 5) is 27.9. The molecule has 25 heavy (non-hydrogen) atoms. The van der Waals surface area contributed by atoms with Gasteiger partial charge in [-0.05, 0) is 18.6 Å². The highest BCUT2D eigenvalue weighted by molar-refractivity contribution is 7.89. The number of hydrogen-bond donors (Lipinski definition) is 1. The van der Waals surface area contributed by atoms with Crippen LogP contribution in [0.25, 0.3) is 0 Å². The zero-order chi connectivity index (χ0) is 18.2. The van der Waals surface area contributed by atoms with Crippen molar-refractivity contribution in [1.29, 1.82) is 0 Å². The Morgan fingerprint density at radius 1 is 1.08 bits per heavy atom. The number of imide groups is 1. The molecule has 10 heteroatoms. The zero-order valence-electron chi connectivity index (χ0n) is 13.4. The van der Waals surface area contributed by atoms with Crippen LogP contribution in [-0.2, 0) is 14.8 Å². The van der Waals surface area contributed by atoms with Crippen LogP contribution in [0, 0.1) is 0 Å². The van der Waals surface area contributed by atoms with Crippen LogP contribution in [0.5, 0.6) is 0 Å². The van der Waals surface area contributed by atoms with Crippen molar-refractivity contribution < 1.29 is 22.7 Å². The van der Waals surface area contributed by atoms with E-state index in [1.807, 2.05) is 0 Å². The number of fused-ring (bicyclic) bond motifs is 1. The molecule has 0 bridgehead atoms. The summed E-state index contributed by atoms with van der Waals surface area (Å²) in [5.74, 6) is -0.992. The normalized spacial score (nSPS) is 18.7. The summed E-state index contributed by atoms with van der Waals surface area (Å²) in [5.41, 5.74) is 0.124. The average molecular weight is 388 g/mol. The van der Waals surface area contributed by atoms with Gasteiger partial charge in [0.25, 0.3) is 11.8 Å². The van der Waals surface area contributed by atoms with E-state index in [2.05, 4.69) is 4.90 Å². The highest BCUT2D eigenvalue weighted by atomic mass is 35.5. The average Bonchev–Trinajstić information content (AvgIpc) is 2.78. The van der Waals surface area contributed by atoms with E-state index in [-0.39, 0.29) is 27.6 Å². The van der Waals surface area contributed by atoms with Crippen LogP contribution in [0.4, 0.5) is 0 Å². The molecule has 1 aromatic rings. The van der Waals surface area contributed by atoms with Crippen LogP contribution in [-0.4, -0.2) is 69.4 Å². The number of carbonyl (C=O) groups excluding carboxylic acids is 2. The van der Waals surface area contributed by atoms with E-state index in [0.29, 0.717) is 19.6 Å². The molecule has 2 aliphatic rings. The largest absolute Gasteiger partial charge is 0.379 e. The van der Waals surface area contributed by atoms with Gasteiger partial charge < -0.3 is 4.74 Å². The lowest BCUT2D eigenvalue weighted by atomic mass is 10.1. The van der Waals surface area contributed by atoms with E-state index in [9.17, 15) is 18.0 Å². The molecule has 1 fully saturated rings. The number of rotatable bonds is 5. The smallest absolute Gasteiger partial charge is 0.261 e. The molecule has 0 unspecified atom stereocenters. The molecule has 0 aliphatic carbocycles. The monoisotopic (exact) mass is 387 g/mol. The van der Waals surface area contributed by atoms with Crippen LogP contribution in [0.15, 0.2) is 17.0 Å². The van der Waals surface area contributed by atoms with Gasteiger partial charge in [-0.25, -0.2) is 13.6 Å². The lowest BCUT2D eigenvalue weighted by molar-refractivity contribution is 0.0355. The molecule has 0 saturated carbocycles. The van der Waals surface area contributed by atoms with Gasteiger partial charge in [-0.2, -0.15) is 0 Å². The van der Waals surface area contributed by atoms with Crippen molar-refractivity contribution in [3.8, 4) is 0 Å². The van der Waals surface area contributed by atoms with Crippen molar-refractivity contribution in [1.82, 2.24) is 9.80 Å². The van der Waals surface area contributed by atoms with E-state index in [1.54, 1.807) is 0 Å². The summed E-state index contributed by atoms with van der Waals surface area (Å²) < 4.78 is 28.3. The number of nitrogens with zero attached hydrogens (tertiary/aromatic N) is 2. The summed E-state index contributed by atoms with van der Waals surface area (Å²) in [6.07, 6.45) is 0.626. The third kappa shape index (κ3) is 3.70. The molecule has 0 spiro atoms. The Balaban J connectivity index is 1.73. The van der Waals surface area contributed by atoms with Gasteiger partial charge in [0.1, 0.15) is 4.90 Å². The molecule has 136 valence electrons. The molecule has 1 saturated heterocycles. The fourth-order valence-electron chi connectivity index (χ4n) is 2.99. The number of halogens is 1. The summed E-state index contributed by atoms with van der Waals surface area (Å²) in [6.45, 7) is 4.03. The zero-order valence-corrected chi connectivity index (χ0v) is 15.0. The number of hydrogen-bond acceptors (Lipinski definition) is 6. The van der Waals surface area contributed by atoms with Crippen molar-refractivity contribution in [3.63, 3.8) is 0 Å². The van der Waals surface area contributed by atoms with Crippen molar-refractivity contribution in [3.05, 3.63) is 28.3 Å². The molecular weight excluding hydrogens is 370 g/mol. The Bertz CT molecular complexity index is 821. The van der Waals surface area contributed by atoms with Gasteiger partial charge in [0.15, 0.2) is 0 Å². The Labute approximate surface area is 150 Å². The van der Waals surface area contributed by atoms with Gasteiger partial charge in [-0.1, -0.05) is 11.6 Å². The van der Waals surface area contributed by atoms with E-state index in [0.717, 1.165) is 30.6 Å². The lowest BCUT2D eigenvalue weighted by Crippen LogP contribution is -2.39. The first-order valence-electron chi connectivity index (χ1n) is 7.81. The van der Waals surface area contributed by atoms with E-state index in [4.69, 9.17) is 21.5 Å². The number of ether oxygens (including phenoxy) is 1. The molecule has 0 radical (unpaired) electrons. The highest BCUT2D eigenvalue weighted by Crippen LogP contribution is 2.30. The maximum absolute atomic E-state index is 12.5. The van der Waals surface area contributed by atoms with Gasteiger partial charge >= 0.3 is 0 Å². The standard InChI is InChI=1S/C15H18ClN3O5S/c16-12-8-10-11(9-13(12)25(17,22)23)15(21)19(14(10)20)3-1-2-18-4-6-24-7-5-18/h8-9H,1-7H2,(H2,17,22,23). The minimum Gasteiger partial charge on any atom is -0.379 e. The summed E-state index contributed by atoms with van der Waals surface area (Å²) in [5, 5.41) is 4.92. The number of amides is 2. The predicted molar refractivity (Wildman–Crippen MR) is 90.1 cm³/mol. The number of primary sulfonamides is 1. The van der Waals surface area contributed by atoms with Crippen LogP contribution < -0.4 is 5.14 Å². The maximum Gasteiger partial charge on any atom is 0.261 e. The molecule has 8 nitrogen and oxygen atoms in total. The lowest BCUT2D eigenvalue weighted by Gasteiger charge is -2.27. The van der Waals surface area contributed by atoms with Crippen molar-refractivity contribution in [2.24, 2.45) is 5.14 Å². The van der Waals surface area contributed by atoms with Crippen molar-refractivity contribution >= 4 is 33.4 Å². The third-order valence-electron chi connectivity index (χ3n) is 4.29. The Morgan fingerprint density at radius 3 is 2.28 bits per heavy atom. The number of nitrogens with two attached hydrogens (primary N) is 1. The second-order valence-electron chi connectivity index (χ2n) is 5.94. The fourth-order valence-corrected chi connectivity index (χ4v) is 4.09. The fraction of sp³-hybridized carbons (Fsp3) is 0.467. The van der Waals surface area contributed by atoms with E-state index >= 15 is 0 Å². The first kappa shape index (κ1) is 18.3. The predicted octanol–water partition coefficient (Wildman–Crippen LogP) is 0.306. The molecule has 0 aromatic heterocycles. The van der Waals surface area contributed by atoms with Gasteiger partial charge in [0, 0.05) is 26.2 Å². The maximum atomic E-state index is 12.5. The SMILES string of the molecule is NS(=O)(=O)c1cc2c(cc1Cl)C(=O)N(CCCN1CCOCC1)C2=O. The Morgan fingerprint density at radius 2 is 1.68 bits per heavy atom. The summed E-state index contributed by atoms with van der Waals surface area (Å²) in [6, 6.07) is 2.27. The van der Waals surface area contributed by atoms with Crippen molar-refractivity contribution in [2.75, 3.05) is 39.4 Å². The highest BCUT2D eigenvalue weighted by Gasteiger charge is 2.37. The van der Waals surface area contributed by atoms with Gasteiger partial charge in [-0.15, -0.1) is 0 Å². The minimum atomic E-state index is -4.08. The molecule has 1 aromatic carbocycles. The Hall–Kier alpha value is -1.52. The molecule has 2 N–H and O–H groups in total. The molecule has 2 heterocycles.